The van der Waals surface area contributed by atoms with E-state index in [9.17, 15) is 4.79 Å². The number of aromatic amines is 1. The molecule has 2 aromatic rings. The maximum absolute atomic E-state index is 12.6. The first kappa shape index (κ1) is 24.1. The zero-order valence-corrected chi connectivity index (χ0v) is 19.6. The Kier molecular flexibility index (Phi) is 8.93. The average molecular weight is 445 g/mol. The highest BCUT2D eigenvalue weighted by atomic mass is 16.5. The fraction of sp³-hybridized carbons (Fsp3) is 0.583. The van der Waals surface area contributed by atoms with Gasteiger partial charge in [0.15, 0.2) is 0 Å². The molecule has 0 saturated carbocycles. The van der Waals surface area contributed by atoms with Gasteiger partial charge in [-0.1, -0.05) is 13.8 Å². The van der Waals surface area contributed by atoms with E-state index in [0.717, 1.165) is 50.3 Å². The summed E-state index contributed by atoms with van der Waals surface area (Å²) in [6, 6.07) is 7.49. The summed E-state index contributed by atoms with van der Waals surface area (Å²) >= 11 is 0. The lowest BCUT2D eigenvalue weighted by Gasteiger charge is -2.32. The van der Waals surface area contributed by atoms with Crippen LogP contribution in [0.25, 0.3) is 0 Å². The normalized spacial score (nSPS) is 15.2. The molecule has 8 nitrogen and oxygen atoms in total. The molecule has 1 fully saturated rings. The van der Waals surface area contributed by atoms with Crippen LogP contribution >= 0.6 is 0 Å². The summed E-state index contributed by atoms with van der Waals surface area (Å²) in [6.45, 7) is 8.05. The van der Waals surface area contributed by atoms with Crippen LogP contribution in [0, 0.1) is 5.92 Å². The van der Waals surface area contributed by atoms with E-state index in [0.29, 0.717) is 36.1 Å². The van der Waals surface area contributed by atoms with Gasteiger partial charge in [-0.25, -0.2) is 0 Å². The Bertz CT molecular complexity index is 859. The van der Waals surface area contributed by atoms with E-state index in [1.54, 1.807) is 32.4 Å². The van der Waals surface area contributed by atoms with Crippen molar-refractivity contribution in [1.29, 1.82) is 0 Å². The zero-order chi connectivity index (χ0) is 22.9. The molecule has 1 aliphatic heterocycles. The lowest BCUT2D eigenvalue weighted by atomic mass is 10.1. The van der Waals surface area contributed by atoms with E-state index in [1.807, 2.05) is 0 Å². The summed E-state index contributed by atoms with van der Waals surface area (Å²) < 4.78 is 16.6. The molecule has 0 unspecified atom stereocenters. The summed E-state index contributed by atoms with van der Waals surface area (Å²) in [7, 11) is 3.22. The molecule has 176 valence electrons. The van der Waals surface area contributed by atoms with Gasteiger partial charge < -0.3 is 19.5 Å². The van der Waals surface area contributed by atoms with E-state index < -0.39 is 0 Å². The number of benzene rings is 1. The largest absolute Gasteiger partial charge is 0.497 e. The third-order valence-corrected chi connectivity index (χ3v) is 5.55. The molecule has 3 rings (SSSR count). The van der Waals surface area contributed by atoms with Crippen molar-refractivity contribution in [1.82, 2.24) is 20.4 Å². The van der Waals surface area contributed by atoms with Gasteiger partial charge in [0.2, 0.25) is 0 Å². The number of hydrogen-bond donors (Lipinski definition) is 2. The molecule has 1 aromatic heterocycles. The second-order valence-corrected chi connectivity index (χ2v) is 8.69. The Labute approximate surface area is 190 Å². The molecule has 0 aliphatic carbocycles. The number of amides is 1. The van der Waals surface area contributed by atoms with Gasteiger partial charge in [-0.3, -0.25) is 14.8 Å². The molecule has 8 heteroatoms. The van der Waals surface area contributed by atoms with E-state index in [4.69, 9.17) is 14.2 Å². The van der Waals surface area contributed by atoms with Crippen LogP contribution in [0.5, 0.6) is 11.5 Å². The van der Waals surface area contributed by atoms with Crippen LogP contribution in [0.3, 0.4) is 0 Å². The van der Waals surface area contributed by atoms with E-state index in [2.05, 4.69) is 40.3 Å². The minimum absolute atomic E-state index is 0.0575. The van der Waals surface area contributed by atoms with E-state index in [-0.39, 0.29) is 12.0 Å². The third-order valence-electron chi connectivity index (χ3n) is 5.55. The van der Waals surface area contributed by atoms with Gasteiger partial charge >= 0.3 is 0 Å². The second-order valence-electron chi connectivity index (χ2n) is 8.69. The predicted octanol–water partition coefficient (Wildman–Crippen LogP) is 3.04. The highest BCUT2D eigenvalue weighted by Gasteiger charge is 2.23. The Morgan fingerprint density at radius 2 is 2.03 bits per heavy atom. The van der Waals surface area contributed by atoms with E-state index >= 15 is 0 Å². The maximum Gasteiger partial charge on any atom is 0.255 e. The number of piperidine rings is 1. The molecule has 0 spiro atoms. The smallest absolute Gasteiger partial charge is 0.255 e. The predicted molar refractivity (Wildman–Crippen MR) is 123 cm³/mol. The number of aromatic nitrogens is 2. The number of hydrogen-bond acceptors (Lipinski definition) is 6. The number of carbonyl (C=O) groups excluding carboxylic acids is 1. The summed E-state index contributed by atoms with van der Waals surface area (Å²) in [5.74, 6) is 1.66. The number of nitrogens with one attached hydrogen (secondary N) is 2. The topological polar surface area (TPSA) is 88.7 Å². The molecule has 0 bridgehead atoms. The van der Waals surface area contributed by atoms with Crippen molar-refractivity contribution in [2.75, 3.05) is 40.5 Å². The van der Waals surface area contributed by atoms with Crippen molar-refractivity contribution in [3.8, 4) is 11.5 Å². The van der Waals surface area contributed by atoms with Crippen molar-refractivity contribution in [3.05, 3.63) is 41.2 Å². The molecule has 1 amide bonds. The number of carbonyl (C=O) groups is 1. The number of ether oxygens (including phenoxy) is 3. The van der Waals surface area contributed by atoms with Crippen molar-refractivity contribution in [2.24, 2.45) is 5.92 Å². The average Bonchev–Trinajstić information content (AvgIpc) is 3.21. The van der Waals surface area contributed by atoms with Gasteiger partial charge in [0.1, 0.15) is 17.6 Å². The first-order valence-electron chi connectivity index (χ1n) is 11.4. The van der Waals surface area contributed by atoms with Crippen LogP contribution in [0.15, 0.2) is 24.3 Å². The summed E-state index contributed by atoms with van der Waals surface area (Å²) in [6.07, 6.45) is 2.85. The summed E-state index contributed by atoms with van der Waals surface area (Å²) in [5.41, 5.74) is 2.80. The van der Waals surface area contributed by atoms with Crippen LogP contribution in [0.2, 0.25) is 0 Å². The van der Waals surface area contributed by atoms with Crippen molar-refractivity contribution < 1.29 is 19.0 Å². The lowest BCUT2D eigenvalue weighted by molar-refractivity contribution is 0.0878. The summed E-state index contributed by atoms with van der Waals surface area (Å²) in [4.78, 5) is 15.0. The monoisotopic (exact) mass is 444 g/mol. The lowest BCUT2D eigenvalue weighted by Crippen LogP contribution is -2.38. The molecule has 32 heavy (non-hydrogen) atoms. The van der Waals surface area contributed by atoms with Gasteiger partial charge in [-0.15, -0.1) is 0 Å². The standard InChI is InChI=1S/C24H36N4O4/c1-17(2)13-18-14-19(27-26-18)16-28-10-7-20(8-11-28)32-23-15-21(31-4)5-6-22(23)24(29)25-9-12-30-3/h5-6,14-15,17,20H,7-13,16H2,1-4H3,(H,25,29)(H,26,27). The summed E-state index contributed by atoms with van der Waals surface area (Å²) in [5, 5.41) is 10.5. The van der Waals surface area contributed by atoms with Crippen LogP contribution in [0.1, 0.15) is 48.4 Å². The molecular weight excluding hydrogens is 408 g/mol. The minimum atomic E-state index is -0.173. The second kappa shape index (κ2) is 11.9. The van der Waals surface area contributed by atoms with Crippen molar-refractivity contribution in [3.63, 3.8) is 0 Å². The number of H-pyrrole nitrogens is 1. The first-order chi connectivity index (χ1) is 15.5. The Hall–Kier alpha value is -2.58. The SMILES string of the molecule is COCCNC(=O)c1ccc(OC)cc1OC1CCN(Cc2cc(CC(C)C)n[nH]2)CC1. The van der Waals surface area contributed by atoms with Gasteiger partial charge in [0.25, 0.3) is 5.91 Å². The molecule has 0 atom stereocenters. The molecule has 2 N–H and O–H groups in total. The van der Waals surface area contributed by atoms with Crippen LogP contribution in [-0.4, -0.2) is 67.6 Å². The zero-order valence-electron chi connectivity index (χ0n) is 19.6. The van der Waals surface area contributed by atoms with Crippen LogP contribution < -0.4 is 14.8 Å². The molecule has 1 aliphatic rings. The molecule has 1 aromatic carbocycles. The number of methoxy groups -OCH3 is 2. The van der Waals surface area contributed by atoms with Gasteiger partial charge in [0, 0.05) is 45.0 Å². The minimum Gasteiger partial charge on any atom is -0.497 e. The van der Waals surface area contributed by atoms with Crippen LogP contribution in [0.4, 0.5) is 0 Å². The molecule has 1 saturated heterocycles. The molecule has 0 radical (unpaired) electrons. The number of likely N-dealkylation sites (tertiary alicyclic amines) is 1. The van der Waals surface area contributed by atoms with E-state index in [1.165, 1.54) is 0 Å². The molecule has 2 heterocycles. The quantitative estimate of drug-likeness (QED) is 0.518. The van der Waals surface area contributed by atoms with Crippen molar-refractivity contribution >= 4 is 5.91 Å². The fourth-order valence-electron chi connectivity index (χ4n) is 3.90. The van der Waals surface area contributed by atoms with Gasteiger partial charge in [-0.05, 0) is 43.4 Å². The highest BCUT2D eigenvalue weighted by molar-refractivity contribution is 5.97. The maximum atomic E-state index is 12.6. The number of rotatable bonds is 11. The fourth-order valence-corrected chi connectivity index (χ4v) is 3.90. The van der Waals surface area contributed by atoms with Gasteiger partial charge in [-0.2, -0.15) is 5.10 Å². The Balaban J connectivity index is 1.55. The highest BCUT2D eigenvalue weighted by Crippen LogP contribution is 2.28. The van der Waals surface area contributed by atoms with Crippen molar-refractivity contribution in [2.45, 2.75) is 45.8 Å². The number of nitrogens with zero attached hydrogens (tertiary/aromatic N) is 2. The third kappa shape index (κ3) is 6.97. The van der Waals surface area contributed by atoms with Crippen LogP contribution in [-0.2, 0) is 17.7 Å². The first-order valence-corrected chi connectivity index (χ1v) is 11.4. The molecular formula is C24H36N4O4. The van der Waals surface area contributed by atoms with Gasteiger partial charge in [0.05, 0.1) is 25.0 Å². The Morgan fingerprint density at radius 3 is 2.72 bits per heavy atom. The Morgan fingerprint density at radius 1 is 1.25 bits per heavy atom.